The summed E-state index contributed by atoms with van der Waals surface area (Å²) < 4.78 is 29.2. The highest BCUT2D eigenvalue weighted by atomic mass is 35.5. The van der Waals surface area contributed by atoms with Gasteiger partial charge < -0.3 is 23.7 Å². The van der Waals surface area contributed by atoms with Gasteiger partial charge in [0.15, 0.2) is 28.7 Å². The SMILES string of the molecule is CCOC(=O)C1=C(C)N=c2s/c(=C\c3cc(Cl)c(OCc4ccc(Cl)cc4)c(Cl)c3)c(=O)n2[C@H]1c1ccc(OCC(=O)OC)c(OCC)c1. The molecule has 4 aromatic rings. The molecule has 1 atom stereocenters. The van der Waals surface area contributed by atoms with Gasteiger partial charge in [-0.2, -0.15) is 0 Å². The Morgan fingerprint density at radius 2 is 1.65 bits per heavy atom. The number of benzene rings is 3. The van der Waals surface area contributed by atoms with Gasteiger partial charge in [0, 0.05) is 5.02 Å². The van der Waals surface area contributed by atoms with E-state index in [9.17, 15) is 14.4 Å². The Hall–Kier alpha value is -4.29. The molecule has 10 nitrogen and oxygen atoms in total. The Labute approximate surface area is 300 Å². The summed E-state index contributed by atoms with van der Waals surface area (Å²) in [4.78, 5) is 44.2. The van der Waals surface area contributed by atoms with E-state index in [1.807, 2.05) is 12.1 Å². The van der Waals surface area contributed by atoms with Gasteiger partial charge in [-0.1, -0.05) is 64.3 Å². The lowest BCUT2D eigenvalue weighted by molar-refractivity contribution is -0.143. The van der Waals surface area contributed by atoms with Gasteiger partial charge in [-0.05, 0) is 79.9 Å². The van der Waals surface area contributed by atoms with Crippen molar-refractivity contribution in [3.8, 4) is 17.2 Å². The number of aromatic nitrogens is 1. The number of hydrogen-bond acceptors (Lipinski definition) is 10. The van der Waals surface area contributed by atoms with Crippen molar-refractivity contribution in [2.24, 2.45) is 4.99 Å². The van der Waals surface area contributed by atoms with Gasteiger partial charge in [0.25, 0.3) is 5.56 Å². The minimum Gasteiger partial charge on any atom is -0.490 e. The van der Waals surface area contributed by atoms with Crippen LogP contribution in [0.5, 0.6) is 17.2 Å². The Bertz CT molecular complexity index is 2090. The highest BCUT2D eigenvalue weighted by molar-refractivity contribution is 7.07. The van der Waals surface area contributed by atoms with Gasteiger partial charge >= 0.3 is 11.9 Å². The molecule has 1 aromatic heterocycles. The minimum absolute atomic E-state index is 0.123. The minimum atomic E-state index is -0.915. The zero-order valence-electron chi connectivity index (χ0n) is 26.9. The Kier molecular flexibility index (Phi) is 11.7. The first-order chi connectivity index (χ1) is 23.5. The van der Waals surface area contributed by atoms with Crippen molar-refractivity contribution in [1.29, 1.82) is 0 Å². The zero-order valence-corrected chi connectivity index (χ0v) is 30.0. The number of nitrogens with zero attached hydrogens (tertiary/aromatic N) is 2. The number of hydrogen-bond donors (Lipinski definition) is 0. The number of methoxy groups -OCH3 is 1. The number of halogens is 3. The molecule has 0 unspecified atom stereocenters. The summed E-state index contributed by atoms with van der Waals surface area (Å²) in [6.45, 7) is 5.49. The summed E-state index contributed by atoms with van der Waals surface area (Å²) in [6, 6.07) is 14.6. The van der Waals surface area contributed by atoms with Gasteiger partial charge in [0.05, 0.1) is 52.2 Å². The standard InChI is InChI=1S/C35H31Cl3N2O8S/c1-5-45-27-16-22(9-12-26(27)47-18-29(41)44-4)31-30(34(43)46-6-2)19(3)39-35-40(31)33(42)28(49-35)15-21-13-24(37)32(25(38)14-21)48-17-20-7-10-23(36)11-8-20/h7-16,31H,5-6,17-18H2,1-4H3/b28-15-/t31-/m0/s1. The molecule has 0 saturated heterocycles. The van der Waals surface area contributed by atoms with E-state index in [1.54, 1.807) is 69.3 Å². The molecule has 0 saturated carbocycles. The molecule has 0 aliphatic carbocycles. The quantitative estimate of drug-likeness (QED) is 0.156. The van der Waals surface area contributed by atoms with Crippen LogP contribution in [0.15, 0.2) is 75.7 Å². The Morgan fingerprint density at radius 1 is 0.939 bits per heavy atom. The molecule has 0 radical (unpaired) electrons. The predicted octanol–water partition coefficient (Wildman–Crippen LogP) is 6.29. The molecular formula is C35H31Cl3N2O8S. The number of thiazole rings is 1. The van der Waals surface area contributed by atoms with Crippen molar-refractivity contribution in [2.75, 3.05) is 26.9 Å². The van der Waals surface area contributed by atoms with Crippen LogP contribution in [0.2, 0.25) is 15.1 Å². The second kappa shape index (κ2) is 15.9. The lowest BCUT2D eigenvalue weighted by Crippen LogP contribution is -2.40. The van der Waals surface area contributed by atoms with E-state index in [-0.39, 0.29) is 47.8 Å². The largest absolute Gasteiger partial charge is 0.490 e. The van der Waals surface area contributed by atoms with Crippen LogP contribution < -0.4 is 29.1 Å². The van der Waals surface area contributed by atoms with Crippen molar-refractivity contribution in [3.63, 3.8) is 0 Å². The first-order valence-electron chi connectivity index (χ1n) is 15.1. The first-order valence-corrected chi connectivity index (χ1v) is 17.0. The van der Waals surface area contributed by atoms with Crippen LogP contribution >= 0.6 is 46.1 Å². The fraction of sp³-hybridized carbons (Fsp3) is 0.257. The van der Waals surface area contributed by atoms with E-state index in [4.69, 9.17) is 53.8 Å². The predicted molar refractivity (Wildman–Crippen MR) is 188 cm³/mol. The van der Waals surface area contributed by atoms with Crippen LogP contribution in [0.25, 0.3) is 6.08 Å². The Balaban J connectivity index is 1.56. The molecular weight excluding hydrogens is 715 g/mol. The molecule has 0 N–H and O–H groups in total. The first kappa shape index (κ1) is 36.0. The van der Waals surface area contributed by atoms with E-state index in [1.165, 1.54) is 11.7 Å². The van der Waals surface area contributed by atoms with E-state index < -0.39 is 23.5 Å². The number of carbonyl (C=O) groups is 2. The third kappa shape index (κ3) is 8.13. The molecule has 2 heterocycles. The smallest absolute Gasteiger partial charge is 0.343 e. The van der Waals surface area contributed by atoms with E-state index in [0.717, 1.165) is 16.9 Å². The van der Waals surface area contributed by atoms with Crippen LogP contribution in [-0.2, 0) is 25.7 Å². The number of rotatable bonds is 12. The fourth-order valence-corrected chi connectivity index (χ4v) is 6.86. The number of esters is 2. The molecule has 0 fully saturated rings. The molecule has 1 aliphatic rings. The molecule has 0 bridgehead atoms. The lowest BCUT2D eigenvalue weighted by atomic mass is 9.95. The zero-order chi connectivity index (χ0) is 35.2. The van der Waals surface area contributed by atoms with Crippen LogP contribution in [-0.4, -0.2) is 43.4 Å². The van der Waals surface area contributed by atoms with E-state index >= 15 is 0 Å². The number of fused-ring (bicyclic) bond motifs is 1. The summed E-state index contributed by atoms with van der Waals surface area (Å²) in [6.07, 6.45) is 1.65. The van der Waals surface area contributed by atoms with Crippen LogP contribution in [0, 0.1) is 0 Å². The van der Waals surface area contributed by atoms with Gasteiger partial charge in [0.1, 0.15) is 6.61 Å². The summed E-state index contributed by atoms with van der Waals surface area (Å²) in [5.41, 5.74) is 2.16. The molecule has 49 heavy (non-hydrogen) atoms. The van der Waals surface area contributed by atoms with Crippen LogP contribution in [0.4, 0.5) is 0 Å². The van der Waals surface area contributed by atoms with Crippen molar-refractivity contribution >= 4 is 64.2 Å². The molecule has 256 valence electrons. The van der Waals surface area contributed by atoms with Crippen molar-refractivity contribution in [2.45, 2.75) is 33.4 Å². The van der Waals surface area contributed by atoms with Gasteiger partial charge in [0.2, 0.25) is 0 Å². The molecule has 0 spiro atoms. The highest BCUT2D eigenvalue weighted by Crippen LogP contribution is 2.37. The Morgan fingerprint density at radius 3 is 2.31 bits per heavy atom. The highest BCUT2D eigenvalue weighted by Gasteiger charge is 2.34. The van der Waals surface area contributed by atoms with Crippen LogP contribution in [0.3, 0.4) is 0 Å². The maximum atomic E-state index is 14.1. The fourth-order valence-electron chi connectivity index (χ4n) is 5.07. The number of allylic oxidation sites excluding steroid dienone is 1. The van der Waals surface area contributed by atoms with E-state index in [2.05, 4.69) is 9.73 Å². The summed E-state index contributed by atoms with van der Waals surface area (Å²) in [5, 5.41) is 1.14. The molecule has 1 aliphatic heterocycles. The normalized spacial score (nSPS) is 14.2. The van der Waals surface area contributed by atoms with Gasteiger partial charge in [-0.15, -0.1) is 0 Å². The summed E-state index contributed by atoms with van der Waals surface area (Å²) in [7, 11) is 1.26. The monoisotopic (exact) mass is 744 g/mol. The maximum Gasteiger partial charge on any atom is 0.343 e. The third-order valence-electron chi connectivity index (χ3n) is 7.29. The summed E-state index contributed by atoms with van der Waals surface area (Å²) in [5.74, 6) is -0.275. The lowest BCUT2D eigenvalue weighted by Gasteiger charge is -2.25. The van der Waals surface area contributed by atoms with Gasteiger partial charge in [-0.3, -0.25) is 9.36 Å². The average Bonchev–Trinajstić information content (AvgIpc) is 3.37. The number of carbonyl (C=O) groups excluding carboxylic acids is 2. The van der Waals surface area contributed by atoms with Gasteiger partial charge in [-0.25, -0.2) is 14.6 Å². The van der Waals surface area contributed by atoms with Crippen molar-refractivity contribution < 1.29 is 33.3 Å². The van der Waals surface area contributed by atoms with Crippen molar-refractivity contribution in [1.82, 2.24) is 4.57 Å². The average molecular weight is 746 g/mol. The summed E-state index contributed by atoms with van der Waals surface area (Å²) >= 11 is 20.3. The molecule has 0 amide bonds. The third-order valence-corrected chi connectivity index (χ3v) is 9.08. The topological polar surface area (TPSA) is 115 Å². The second-order valence-electron chi connectivity index (χ2n) is 10.5. The van der Waals surface area contributed by atoms with Crippen molar-refractivity contribution in [3.05, 3.63) is 117 Å². The van der Waals surface area contributed by atoms with Crippen LogP contribution in [0.1, 0.15) is 43.5 Å². The number of ether oxygens (including phenoxy) is 5. The maximum absolute atomic E-state index is 14.1. The molecule has 3 aromatic carbocycles. The van der Waals surface area contributed by atoms with E-state index in [0.29, 0.717) is 42.7 Å². The molecule has 5 rings (SSSR count). The second-order valence-corrected chi connectivity index (χ2v) is 12.8. The molecule has 14 heteroatoms.